The van der Waals surface area contributed by atoms with E-state index in [1.54, 1.807) is 6.07 Å². The molecule has 0 fully saturated rings. The predicted molar refractivity (Wildman–Crippen MR) is 70.2 cm³/mol. The molecule has 1 aromatic heterocycles. The molecule has 0 saturated heterocycles. The molecular formula is C10H5Br3FN. The number of fused-ring (bicyclic) bond motifs is 1. The van der Waals surface area contributed by atoms with E-state index in [1.165, 1.54) is 12.1 Å². The lowest BCUT2D eigenvalue weighted by Crippen LogP contribution is -2.01. The van der Waals surface area contributed by atoms with Gasteiger partial charge in [-0.1, -0.05) is 53.9 Å². The third kappa shape index (κ3) is 2.57. The highest BCUT2D eigenvalue weighted by molar-refractivity contribution is 9.38. The third-order valence-electron chi connectivity index (χ3n) is 1.94. The van der Waals surface area contributed by atoms with E-state index in [0.717, 1.165) is 16.6 Å². The Kier molecular flexibility index (Phi) is 3.14. The van der Waals surface area contributed by atoms with E-state index in [4.69, 9.17) is 0 Å². The molecule has 0 aliphatic carbocycles. The average molecular weight is 398 g/mol. The number of pyridine rings is 1. The fraction of sp³-hybridized carbons (Fsp3) is 0.100. The minimum Gasteiger partial charge on any atom is -0.249 e. The van der Waals surface area contributed by atoms with Crippen LogP contribution >= 0.6 is 47.8 Å². The zero-order valence-electron chi connectivity index (χ0n) is 7.35. The first-order valence-corrected chi connectivity index (χ1v) is 6.48. The average Bonchev–Trinajstić information content (AvgIpc) is 2.15. The van der Waals surface area contributed by atoms with Crippen molar-refractivity contribution < 1.29 is 4.39 Å². The topological polar surface area (TPSA) is 12.9 Å². The number of rotatable bonds is 0. The van der Waals surface area contributed by atoms with Crippen molar-refractivity contribution in [1.82, 2.24) is 4.98 Å². The summed E-state index contributed by atoms with van der Waals surface area (Å²) in [6, 6.07) is 8.17. The summed E-state index contributed by atoms with van der Waals surface area (Å²) in [5.74, 6) is -0.250. The summed E-state index contributed by atoms with van der Waals surface area (Å²) in [6.45, 7) is 0. The van der Waals surface area contributed by atoms with Crippen LogP contribution in [0.4, 0.5) is 4.39 Å². The molecule has 2 aromatic rings. The Balaban J connectivity index is 2.62. The molecule has 0 aliphatic rings. The second-order valence-corrected chi connectivity index (χ2v) is 9.79. The summed E-state index contributed by atoms with van der Waals surface area (Å²) >= 11 is 10.2. The molecule has 1 aromatic carbocycles. The molecular weight excluding hydrogens is 393 g/mol. The summed E-state index contributed by atoms with van der Waals surface area (Å²) in [5.41, 5.74) is 1.54. The first-order valence-electron chi connectivity index (χ1n) is 4.10. The Labute approximate surface area is 111 Å². The Morgan fingerprint density at radius 1 is 1.07 bits per heavy atom. The first kappa shape index (κ1) is 11.5. The highest BCUT2D eigenvalue weighted by Crippen LogP contribution is 2.43. The maximum absolute atomic E-state index is 12.9. The fourth-order valence-electron chi connectivity index (χ4n) is 1.25. The Morgan fingerprint density at radius 2 is 1.80 bits per heavy atom. The van der Waals surface area contributed by atoms with Gasteiger partial charge in [-0.3, -0.25) is 0 Å². The summed E-state index contributed by atoms with van der Waals surface area (Å²) in [5, 5.41) is 0.788. The van der Waals surface area contributed by atoms with Crippen molar-refractivity contribution >= 4 is 58.7 Å². The van der Waals surface area contributed by atoms with E-state index in [9.17, 15) is 4.39 Å². The highest BCUT2D eigenvalue weighted by atomic mass is 80.0. The monoisotopic (exact) mass is 395 g/mol. The minimum atomic E-state index is -0.532. The number of hydrogen-bond donors (Lipinski definition) is 0. The summed E-state index contributed by atoms with van der Waals surface area (Å²) < 4.78 is 12.4. The summed E-state index contributed by atoms with van der Waals surface area (Å²) in [6.07, 6.45) is 0. The van der Waals surface area contributed by atoms with Crippen LogP contribution in [0.15, 0.2) is 30.3 Å². The van der Waals surface area contributed by atoms with Gasteiger partial charge in [-0.15, -0.1) is 0 Å². The number of aromatic nitrogens is 1. The standard InChI is InChI=1S/C10H5Br3FN/c11-10(12,13)9-4-1-6-5-7(14)2-3-8(6)15-9/h1-5H. The number of nitrogens with zero attached hydrogens (tertiary/aromatic N) is 1. The van der Waals surface area contributed by atoms with Gasteiger partial charge in [-0.25, -0.2) is 9.37 Å². The maximum Gasteiger partial charge on any atom is 0.176 e. The molecule has 0 spiro atoms. The van der Waals surface area contributed by atoms with Gasteiger partial charge in [-0.2, -0.15) is 0 Å². The van der Waals surface area contributed by atoms with Gasteiger partial charge in [0.1, 0.15) is 5.82 Å². The van der Waals surface area contributed by atoms with Gasteiger partial charge in [0.15, 0.2) is 2.14 Å². The molecule has 78 valence electrons. The lowest BCUT2D eigenvalue weighted by molar-refractivity contribution is 0.629. The third-order valence-corrected chi connectivity index (χ3v) is 3.16. The van der Waals surface area contributed by atoms with Crippen molar-refractivity contribution in [2.24, 2.45) is 0 Å². The van der Waals surface area contributed by atoms with Crippen LogP contribution in [0.3, 0.4) is 0 Å². The van der Waals surface area contributed by atoms with E-state index in [1.807, 2.05) is 12.1 Å². The second-order valence-electron chi connectivity index (χ2n) is 3.03. The number of hydrogen-bond acceptors (Lipinski definition) is 1. The SMILES string of the molecule is Fc1ccc2nc(C(Br)(Br)Br)ccc2c1. The van der Waals surface area contributed by atoms with Gasteiger partial charge in [0.2, 0.25) is 0 Å². The molecule has 0 aliphatic heterocycles. The molecule has 5 heteroatoms. The molecule has 1 nitrogen and oxygen atoms in total. The van der Waals surface area contributed by atoms with Gasteiger partial charge in [0.25, 0.3) is 0 Å². The van der Waals surface area contributed by atoms with Crippen LogP contribution in [0.5, 0.6) is 0 Å². The molecule has 0 N–H and O–H groups in total. The fourth-order valence-corrected chi connectivity index (χ4v) is 1.92. The van der Waals surface area contributed by atoms with Gasteiger partial charge < -0.3 is 0 Å². The van der Waals surface area contributed by atoms with Crippen LogP contribution in [0, 0.1) is 5.82 Å². The van der Waals surface area contributed by atoms with Crippen LogP contribution in [0.1, 0.15) is 5.69 Å². The van der Waals surface area contributed by atoms with Crippen molar-refractivity contribution in [3.63, 3.8) is 0 Å². The summed E-state index contributed by atoms with van der Waals surface area (Å²) in [7, 11) is 0. The molecule has 0 atom stereocenters. The van der Waals surface area contributed by atoms with E-state index < -0.39 is 2.14 Å². The number of benzene rings is 1. The zero-order chi connectivity index (χ0) is 11.1. The Morgan fingerprint density at radius 3 is 2.47 bits per heavy atom. The Hall–Kier alpha value is -0.000000000000000111. The van der Waals surface area contributed by atoms with E-state index in [-0.39, 0.29) is 5.82 Å². The lowest BCUT2D eigenvalue weighted by Gasteiger charge is -2.11. The van der Waals surface area contributed by atoms with Crippen molar-refractivity contribution in [3.8, 4) is 0 Å². The first-order chi connectivity index (χ1) is 6.97. The summed E-state index contributed by atoms with van der Waals surface area (Å²) in [4.78, 5) is 4.38. The molecule has 2 rings (SSSR count). The molecule has 0 radical (unpaired) electrons. The van der Waals surface area contributed by atoms with Crippen LogP contribution < -0.4 is 0 Å². The molecule has 15 heavy (non-hydrogen) atoms. The molecule has 1 heterocycles. The molecule has 0 saturated carbocycles. The quantitative estimate of drug-likeness (QED) is 0.589. The smallest absolute Gasteiger partial charge is 0.176 e. The Bertz CT molecular complexity index is 507. The van der Waals surface area contributed by atoms with E-state index in [2.05, 4.69) is 52.8 Å². The number of alkyl halides is 3. The highest BCUT2D eigenvalue weighted by Gasteiger charge is 2.22. The molecule has 0 amide bonds. The lowest BCUT2D eigenvalue weighted by atomic mass is 10.2. The van der Waals surface area contributed by atoms with Crippen LogP contribution in [-0.2, 0) is 2.14 Å². The van der Waals surface area contributed by atoms with Crippen molar-refractivity contribution in [2.45, 2.75) is 2.14 Å². The maximum atomic E-state index is 12.9. The number of halogens is 4. The van der Waals surface area contributed by atoms with Crippen LogP contribution in [0.2, 0.25) is 0 Å². The predicted octanol–water partition coefficient (Wildman–Crippen LogP) is 4.67. The van der Waals surface area contributed by atoms with Gasteiger partial charge in [0.05, 0.1) is 11.2 Å². The van der Waals surface area contributed by atoms with Gasteiger partial charge in [-0.05, 0) is 24.3 Å². The van der Waals surface area contributed by atoms with Gasteiger partial charge in [0, 0.05) is 5.39 Å². The molecule has 0 bridgehead atoms. The largest absolute Gasteiger partial charge is 0.249 e. The second kappa shape index (κ2) is 4.11. The normalized spacial score (nSPS) is 12.0. The minimum absolute atomic E-state index is 0.250. The van der Waals surface area contributed by atoms with E-state index >= 15 is 0 Å². The van der Waals surface area contributed by atoms with Crippen molar-refractivity contribution in [3.05, 3.63) is 41.8 Å². The molecule has 0 unspecified atom stereocenters. The van der Waals surface area contributed by atoms with Gasteiger partial charge >= 0.3 is 0 Å². The van der Waals surface area contributed by atoms with E-state index in [0.29, 0.717) is 0 Å². The van der Waals surface area contributed by atoms with Crippen LogP contribution in [0.25, 0.3) is 10.9 Å². The van der Waals surface area contributed by atoms with Crippen LogP contribution in [-0.4, -0.2) is 4.98 Å². The zero-order valence-corrected chi connectivity index (χ0v) is 12.1. The van der Waals surface area contributed by atoms with Crippen molar-refractivity contribution in [2.75, 3.05) is 0 Å². The van der Waals surface area contributed by atoms with Crippen molar-refractivity contribution in [1.29, 1.82) is 0 Å².